The number of rotatable bonds is 5. The van der Waals surface area contributed by atoms with Gasteiger partial charge < -0.3 is 10.6 Å². The summed E-state index contributed by atoms with van der Waals surface area (Å²) in [7, 11) is 0. The van der Waals surface area contributed by atoms with E-state index in [0.29, 0.717) is 32.5 Å². The number of benzene rings is 3. The van der Waals surface area contributed by atoms with Crippen LogP contribution in [0.2, 0.25) is 15.1 Å². The molecule has 1 aliphatic rings. The van der Waals surface area contributed by atoms with Crippen LogP contribution in [-0.2, 0) is 4.79 Å². The highest BCUT2D eigenvalue weighted by molar-refractivity contribution is 6.53. The molecule has 1 aliphatic carbocycles. The van der Waals surface area contributed by atoms with Crippen molar-refractivity contribution in [2.24, 2.45) is 5.92 Å². The van der Waals surface area contributed by atoms with Gasteiger partial charge in [-0.05, 0) is 72.6 Å². The van der Waals surface area contributed by atoms with Gasteiger partial charge in [-0.2, -0.15) is 0 Å². The monoisotopic (exact) mass is 558 g/mol. The lowest BCUT2D eigenvalue weighted by Gasteiger charge is -2.12. The van der Waals surface area contributed by atoms with Crippen LogP contribution in [0.5, 0.6) is 0 Å². The van der Waals surface area contributed by atoms with E-state index in [4.69, 9.17) is 58.0 Å². The van der Waals surface area contributed by atoms with Gasteiger partial charge in [-0.3, -0.25) is 9.59 Å². The van der Waals surface area contributed by atoms with Crippen molar-refractivity contribution in [1.29, 1.82) is 0 Å². The van der Waals surface area contributed by atoms with E-state index in [9.17, 15) is 14.0 Å². The van der Waals surface area contributed by atoms with Gasteiger partial charge in [0, 0.05) is 27.3 Å². The maximum Gasteiger partial charge on any atom is 0.257 e. The van der Waals surface area contributed by atoms with Crippen molar-refractivity contribution in [1.82, 2.24) is 0 Å². The Balaban J connectivity index is 1.52. The molecular formula is C24H16Cl5FN2O2. The summed E-state index contributed by atoms with van der Waals surface area (Å²) in [4.78, 5) is 25.8. The van der Waals surface area contributed by atoms with E-state index in [1.807, 2.05) is 0 Å². The molecule has 3 aromatic rings. The highest BCUT2D eigenvalue weighted by Gasteiger charge is 2.67. The van der Waals surface area contributed by atoms with Crippen molar-refractivity contribution in [3.8, 4) is 0 Å². The number of anilines is 2. The lowest BCUT2D eigenvalue weighted by atomic mass is 10.1. The van der Waals surface area contributed by atoms with Crippen LogP contribution < -0.4 is 10.6 Å². The molecule has 10 heteroatoms. The molecule has 2 amide bonds. The van der Waals surface area contributed by atoms with Gasteiger partial charge in [0.05, 0.1) is 16.5 Å². The summed E-state index contributed by atoms with van der Waals surface area (Å²) >= 11 is 31.2. The molecular weight excluding hydrogens is 545 g/mol. The topological polar surface area (TPSA) is 58.2 Å². The van der Waals surface area contributed by atoms with Gasteiger partial charge in [-0.25, -0.2) is 4.39 Å². The summed E-state index contributed by atoms with van der Waals surface area (Å²) in [5.41, 5.74) is 2.09. The summed E-state index contributed by atoms with van der Waals surface area (Å²) in [5, 5.41) is 6.41. The molecule has 1 saturated carbocycles. The third-order valence-electron chi connectivity index (χ3n) is 5.50. The molecule has 0 bridgehead atoms. The molecule has 0 spiro atoms. The second-order valence-electron chi connectivity index (χ2n) is 7.93. The Morgan fingerprint density at radius 3 is 2.24 bits per heavy atom. The van der Waals surface area contributed by atoms with Gasteiger partial charge in [0.15, 0.2) is 0 Å². The zero-order valence-corrected chi connectivity index (χ0v) is 21.2. The molecule has 34 heavy (non-hydrogen) atoms. The molecule has 0 aromatic heterocycles. The lowest BCUT2D eigenvalue weighted by Crippen LogP contribution is -2.18. The van der Waals surface area contributed by atoms with Crippen LogP contribution in [0.1, 0.15) is 27.4 Å². The van der Waals surface area contributed by atoms with E-state index in [1.54, 1.807) is 31.2 Å². The molecule has 0 aliphatic heterocycles. The average molecular weight is 561 g/mol. The molecule has 1 fully saturated rings. The third kappa shape index (κ3) is 5.14. The summed E-state index contributed by atoms with van der Waals surface area (Å²) in [5.74, 6) is -2.64. The highest BCUT2D eigenvalue weighted by Crippen LogP contribution is 2.65. The van der Waals surface area contributed by atoms with Gasteiger partial charge in [0.1, 0.15) is 10.2 Å². The first-order valence-electron chi connectivity index (χ1n) is 9.99. The fraction of sp³-hybridized carbons (Fsp3) is 0.167. The van der Waals surface area contributed by atoms with Gasteiger partial charge in [-0.1, -0.05) is 34.8 Å². The van der Waals surface area contributed by atoms with Crippen LogP contribution >= 0.6 is 58.0 Å². The number of hydrogen-bond acceptors (Lipinski definition) is 2. The number of aryl methyl sites for hydroxylation is 1. The first kappa shape index (κ1) is 25.1. The molecule has 0 radical (unpaired) electrons. The van der Waals surface area contributed by atoms with Crippen LogP contribution in [0.15, 0.2) is 54.6 Å². The van der Waals surface area contributed by atoms with Crippen LogP contribution in [0, 0.1) is 18.7 Å². The Kier molecular flexibility index (Phi) is 7.05. The van der Waals surface area contributed by atoms with Gasteiger partial charge in [0.2, 0.25) is 5.91 Å². The zero-order chi connectivity index (χ0) is 24.8. The number of nitrogens with one attached hydrogen (secondary N) is 2. The Hall–Kier alpha value is -2.02. The molecule has 176 valence electrons. The normalized spacial score (nSPS) is 18.3. The van der Waals surface area contributed by atoms with Crippen LogP contribution in [-0.4, -0.2) is 16.1 Å². The van der Waals surface area contributed by atoms with Crippen molar-refractivity contribution in [3.63, 3.8) is 0 Å². The molecule has 3 aromatic carbocycles. The zero-order valence-electron chi connectivity index (χ0n) is 17.4. The van der Waals surface area contributed by atoms with Crippen molar-refractivity contribution < 1.29 is 14.0 Å². The Morgan fingerprint density at radius 1 is 0.912 bits per heavy atom. The molecule has 0 unspecified atom stereocenters. The van der Waals surface area contributed by atoms with Crippen LogP contribution in [0.4, 0.5) is 15.8 Å². The predicted octanol–water partition coefficient (Wildman–Crippen LogP) is 7.87. The fourth-order valence-electron chi connectivity index (χ4n) is 3.78. The number of carbonyl (C=O) groups is 2. The molecule has 4 rings (SSSR count). The van der Waals surface area contributed by atoms with E-state index in [0.717, 1.165) is 0 Å². The predicted molar refractivity (Wildman–Crippen MR) is 136 cm³/mol. The van der Waals surface area contributed by atoms with Crippen molar-refractivity contribution in [3.05, 3.63) is 92.2 Å². The number of alkyl halides is 2. The van der Waals surface area contributed by atoms with Gasteiger partial charge in [0.25, 0.3) is 5.91 Å². The largest absolute Gasteiger partial charge is 0.326 e. The number of amides is 2. The Labute approximate surface area is 220 Å². The standard InChI is InChI=1S/C24H16Cl5FN2O2/c1-11-6-15(30)2-5-19(11)32-22(33)17-10-16(3-4-18(17)27)31-23(34)21-20(24(21,28)29)12-7-13(25)9-14(26)8-12/h2-10,20-21H,1H3,(H,31,34)(H,32,33)/t20-,21+/m1/s1. The quantitative estimate of drug-likeness (QED) is 0.312. The van der Waals surface area contributed by atoms with Gasteiger partial charge in [-0.15, -0.1) is 23.2 Å². The fourth-order valence-corrected chi connectivity index (χ4v) is 5.35. The molecule has 2 N–H and O–H groups in total. The lowest BCUT2D eigenvalue weighted by molar-refractivity contribution is -0.117. The van der Waals surface area contributed by atoms with Crippen molar-refractivity contribution >= 4 is 81.2 Å². The smallest absolute Gasteiger partial charge is 0.257 e. The SMILES string of the molecule is Cc1cc(F)ccc1NC(=O)c1cc(NC(=O)[C@@H]2[C@@H](c3cc(Cl)cc(Cl)c3)C2(Cl)Cl)ccc1Cl. The van der Waals surface area contributed by atoms with Crippen molar-refractivity contribution in [2.45, 2.75) is 17.2 Å². The number of hydrogen-bond donors (Lipinski definition) is 2. The van der Waals surface area contributed by atoms with E-state index < -0.39 is 33.8 Å². The van der Waals surface area contributed by atoms with E-state index in [2.05, 4.69) is 10.6 Å². The summed E-state index contributed by atoms with van der Waals surface area (Å²) < 4.78 is 12.0. The minimum Gasteiger partial charge on any atom is -0.326 e. The first-order valence-corrected chi connectivity index (χ1v) is 11.9. The third-order valence-corrected chi connectivity index (χ3v) is 7.20. The molecule has 0 heterocycles. The Bertz CT molecular complexity index is 1290. The average Bonchev–Trinajstić information content (AvgIpc) is 3.33. The highest BCUT2D eigenvalue weighted by atomic mass is 35.5. The summed E-state index contributed by atoms with van der Waals surface area (Å²) in [6, 6.07) is 13.4. The molecule has 4 nitrogen and oxygen atoms in total. The Morgan fingerprint density at radius 2 is 1.59 bits per heavy atom. The first-order chi connectivity index (χ1) is 16.0. The summed E-state index contributed by atoms with van der Waals surface area (Å²) in [6.45, 7) is 1.67. The van der Waals surface area contributed by atoms with E-state index >= 15 is 0 Å². The minimum absolute atomic E-state index is 0.125. The second-order valence-corrected chi connectivity index (χ2v) is 10.7. The van der Waals surface area contributed by atoms with Crippen LogP contribution in [0.3, 0.4) is 0 Å². The number of halogens is 6. The maximum absolute atomic E-state index is 13.3. The van der Waals surface area contributed by atoms with Gasteiger partial charge >= 0.3 is 0 Å². The van der Waals surface area contributed by atoms with Crippen LogP contribution in [0.25, 0.3) is 0 Å². The van der Waals surface area contributed by atoms with E-state index in [-0.39, 0.29) is 10.6 Å². The summed E-state index contributed by atoms with van der Waals surface area (Å²) in [6.07, 6.45) is 0. The molecule has 2 atom stereocenters. The second kappa shape index (κ2) is 9.56. The maximum atomic E-state index is 13.3. The molecule has 0 saturated heterocycles. The van der Waals surface area contributed by atoms with Crippen molar-refractivity contribution in [2.75, 3.05) is 10.6 Å². The minimum atomic E-state index is -1.34. The van der Waals surface area contributed by atoms with E-state index in [1.165, 1.54) is 30.3 Å². The number of carbonyl (C=O) groups excluding carboxylic acids is 2.